The maximum absolute atomic E-state index is 11.2. The second-order valence-corrected chi connectivity index (χ2v) is 7.04. The molecule has 0 fully saturated rings. The van der Waals surface area contributed by atoms with Crippen LogP contribution in [0.4, 0.5) is 4.79 Å². The highest BCUT2D eigenvalue weighted by Crippen LogP contribution is 2.38. The molecule has 0 spiro atoms. The maximum Gasteiger partial charge on any atom is 0.339 e. The molecule has 1 aliphatic heterocycles. The summed E-state index contributed by atoms with van der Waals surface area (Å²) in [6.07, 6.45) is 1.59. The number of carboxylic acids is 1. The van der Waals surface area contributed by atoms with Gasteiger partial charge in [-0.05, 0) is 54.7 Å². The molecule has 1 atom stereocenters. The van der Waals surface area contributed by atoms with Crippen molar-refractivity contribution in [2.75, 3.05) is 0 Å². The van der Waals surface area contributed by atoms with Gasteiger partial charge in [0.1, 0.15) is 0 Å². The van der Waals surface area contributed by atoms with Gasteiger partial charge in [0.15, 0.2) is 0 Å². The van der Waals surface area contributed by atoms with E-state index in [1.807, 2.05) is 24.3 Å². The predicted octanol–water partition coefficient (Wildman–Crippen LogP) is 3.47. The van der Waals surface area contributed by atoms with Crippen LogP contribution >= 0.6 is 11.8 Å². The fourth-order valence-corrected chi connectivity index (χ4v) is 4.02. The highest BCUT2D eigenvalue weighted by atomic mass is 32.2. The number of nitrogens with two attached hydrogens (primary N) is 1. The molecular weight excluding hydrogens is 340 g/mol. The number of hydrogen-bond donors (Lipinski definition) is 3. The molecule has 3 rings (SSSR count). The van der Waals surface area contributed by atoms with E-state index < -0.39 is 18.0 Å². The lowest BCUT2D eigenvalue weighted by atomic mass is 9.99. The summed E-state index contributed by atoms with van der Waals surface area (Å²) < 4.78 is 0. The fraction of sp³-hybridized carbons (Fsp3) is 0.222. The predicted molar refractivity (Wildman–Crippen MR) is 93.0 cm³/mol. The van der Waals surface area contributed by atoms with Crippen LogP contribution in [0.2, 0.25) is 0 Å². The average molecular weight is 358 g/mol. The standard InChI is InChI=1S/C18H18N2O4S/c1-10(20(24)18(19)23)12-6-7-15-13(8-12)4-2-11-3-5-14(17(21)22)9-16(11)25-15/h3,5-10,24H,2,4H2,1H3,(H2,19,23)(H,21,22). The van der Waals surface area contributed by atoms with E-state index in [-0.39, 0.29) is 5.56 Å². The molecule has 0 aromatic heterocycles. The second kappa shape index (κ2) is 6.78. The minimum atomic E-state index is -0.938. The van der Waals surface area contributed by atoms with E-state index in [1.54, 1.807) is 19.1 Å². The summed E-state index contributed by atoms with van der Waals surface area (Å²) in [7, 11) is 0. The Bertz CT molecular complexity index is 853. The Labute approximate surface area is 149 Å². The Balaban J connectivity index is 1.92. The number of fused-ring (bicyclic) bond motifs is 2. The van der Waals surface area contributed by atoms with Crippen LogP contribution in [0.1, 0.15) is 40.0 Å². The minimum absolute atomic E-state index is 0.275. The second-order valence-electron chi connectivity index (χ2n) is 5.96. The van der Waals surface area contributed by atoms with Crippen molar-refractivity contribution >= 4 is 23.8 Å². The van der Waals surface area contributed by atoms with Crippen molar-refractivity contribution in [1.29, 1.82) is 0 Å². The van der Waals surface area contributed by atoms with E-state index >= 15 is 0 Å². The molecule has 6 nitrogen and oxygen atoms in total. The van der Waals surface area contributed by atoms with Gasteiger partial charge in [0.2, 0.25) is 0 Å². The van der Waals surface area contributed by atoms with Crippen LogP contribution in [-0.4, -0.2) is 27.4 Å². The molecule has 0 saturated carbocycles. The number of rotatable bonds is 3. The van der Waals surface area contributed by atoms with Crippen molar-refractivity contribution in [3.63, 3.8) is 0 Å². The summed E-state index contributed by atoms with van der Waals surface area (Å²) in [5, 5.41) is 19.4. The smallest absolute Gasteiger partial charge is 0.339 e. The first-order valence-corrected chi connectivity index (χ1v) is 8.63. The van der Waals surface area contributed by atoms with Gasteiger partial charge in [-0.15, -0.1) is 0 Å². The molecule has 130 valence electrons. The molecule has 0 radical (unpaired) electrons. The van der Waals surface area contributed by atoms with Crippen LogP contribution in [0.3, 0.4) is 0 Å². The number of nitrogens with zero attached hydrogens (tertiary/aromatic N) is 1. The topological polar surface area (TPSA) is 104 Å². The quantitative estimate of drug-likeness (QED) is 0.576. The van der Waals surface area contributed by atoms with E-state index in [4.69, 9.17) is 5.73 Å². The number of hydrogen-bond acceptors (Lipinski definition) is 4. The number of carbonyl (C=O) groups excluding carboxylic acids is 1. The molecule has 1 unspecified atom stereocenters. The molecule has 7 heteroatoms. The number of aryl methyl sites for hydroxylation is 2. The lowest BCUT2D eigenvalue weighted by molar-refractivity contribution is -0.0710. The summed E-state index contributed by atoms with van der Waals surface area (Å²) in [6, 6.07) is 9.49. The first kappa shape index (κ1) is 17.3. The van der Waals surface area contributed by atoms with Crippen LogP contribution in [-0.2, 0) is 12.8 Å². The zero-order valence-electron chi connectivity index (χ0n) is 13.6. The van der Waals surface area contributed by atoms with E-state index in [9.17, 15) is 19.9 Å². The van der Waals surface area contributed by atoms with Gasteiger partial charge in [-0.3, -0.25) is 5.21 Å². The molecule has 1 aliphatic rings. The highest BCUT2D eigenvalue weighted by molar-refractivity contribution is 7.99. The summed E-state index contributed by atoms with van der Waals surface area (Å²) in [6.45, 7) is 1.70. The molecule has 2 amide bonds. The van der Waals surface area contributed by atoms with Gasteiger partial charge in [0, 0.05) is 9.79 Å². The Morgan fingerprint density at radius 2 is 1.84 bits per heavy atom. The lowest BCUT2D eigenvalue weighted by Gasteiger charge is -2.21. The molecule has 1 heterocycles. The lowest BCUT2D eigenvalue weighted by Crippen LogP contribution is -2.34. The van der Waals surface area contributed by atoms with Gasteiger partial charge in [-0.25, -0.2) is 9.59 Å². The number of primary amides is 1. The van der Waals surface area contributed by atoms with E-state index in [0.29, 0.717) is 5.06 Å². The van der Waals surface area contributed by atoms with Gasteiger partial charge in [0.25, 0.3) is 0 Å². The van der Waals surface area contributed by atoms with E-state index in [0.717, 1.165) is 39.3 Å². The largest absolute Gasteiger partial charge is 0.478 e. The summed E-state index contributed by atoms with van der Waals surface area (Å²) in [5.74, 6) is -0.938. The minimum Gasteiger partial charge on any atom is -0.478 e. The number of benzene rings is 2. The van der Waals surface area contributed by atoms with Crippen LogP contribution < -0.4 is 5.73 Å². The van der Waals surface area contributed by atoms with E-state index in [1.165, 1.54) is 11.8 Å². The third kappa shape index (κ3) is 3.47. The first-order valence-electron chi connectivity index (χ1n) is 7.81. The van der Waals surface area contributed by atoms with Gasteiger partial charge in [-0.2, -0.15) is 5.06 Å². The number of carboxylic acid groups (broad SMARTS) is 1. The van der Waals surface area contributed by atoms with Crippen molar-refractivity contribution < 1.29 is 19.9 Å². The third-order valence-corrected chi connectivity index (χ3v) is 5.58. The summed E-state index contributed by atoms with van der Waals surface area (Å²) in [4.78, 5) is 24.3. The van der Waals surface area contributed by atoms with Crippen LogP contribution in [0.5, 0.6) is 0 Å². The zero-order chi connectivity index (χ0) is 18.1. The number of urea groups is 1. The molecule has 25 heavy (non-hydrogen) atoms. The van der Waals surface area contributed by atoms with Crippen LogP contribution in [0.15, 0.2) is 46.2 Å². The molecule has 2 aromatic carbocycles. The number of amides is 2. The molecule has 0 bridgehead atoms. The van der Waals surface area contributed by atoms with Crippen molar-refractivity contribution in [3.8, 4) is 0 Å². The Morgan fingerprint density at radius 1 is 1.12 bits per heavy atom. The SMILES string of the molecule is CC(c1ccc2c(c1)CCc1ccc(C(=O)O)cc1S2)N(O)C(N)=O. The van der Waals surface area contributed by atoms with Gasteiger partial charge in [0.05, 0.1) is 11.6 Å². The van der Waals surface area contributed by atoms with Crippen molar-refractivity contribution in [3.05, 3.63) is 58.7 Å². The normalized spacial score (nSPS) is 14.0. The van der Waals surface area contributed by atoms with Gasteiger partial charge in [-0.1, -0.05) is 30.0 Å². The monoisotopic (exact) mass is 358 g/mol. The number of carbonyl (C=O) groups is 2. The number of hydroxylamine groups is 2. The Morgan fingerprint density at radius 3 is 2.52 bits per heavy atom. The van der Waals surface area contributed by atoms with Gasteiger partial charge < -0.3 is 10.8 Å². The summed E-state index contributed by atoms with van der Waals surface area (Å²) in [5.41, 5.74) is 8.39. The zero-order valence-corrected chi connectivity index (χ0v) is 14.4. The average Bonchev–Trinajstić information content (AvgIpc) is 2.77. The maximum atomic E-state index is 11.2. The third-order valence-electron chi connectivity index (χ3n) is 4.36. The Hall–Kier alpha value is -2.51. The number of aromatic carboxylic acids is 1. The first-order chi connectivity index (χ1) is 11.9. The van der Waals surface area contributed by atoms with Crippen molar-refractivity contribution in [2.24, 2.45) is 5.73 Å². The van der Waals surface area contributed by atoms with Crippen LogP contribution in [0.25, 0.3) is 0 Å². The molecule has 2 aromatic rings. The molecule has 0 saturated heterocycles. The highest BCUT2D eigenvalue weighted by Gasteiger charge is 2.20. The Kier molecular flexibility index (Phi) is 4.69. The molecule has 0 aliphatic carbocycles. The molecule has 4 N–H and O–H groups in total. The van der Waals surface area contributed by atoms with E-state index in [2.05, 4.69) is 0 Å². The molecular formula is C18H18N2O4S. The van der Waals surface area contributed by atoms with Crippen molar-refractivity contribution in [1.82, 2.24) is 5.06 Å². The van der Waals surface area contributed by atoms with Crippen molar-refractivity contribution in [2.45, 2.75) is 35.6 Å². The summed E-state index contributed by atoms with van der Waals surface area (Å²) >= 11 is 1.54. The van der Waals surface area contributed by atoms with Crippen LogP contribution in [0, 0.1) is 0 Å². The fourth-order valence-electron chi connectivity index (χ4n) is 2.86. The van der Waals surface area contributed by atoms with Gasteiger partial charge >= 0.3 is 12.0 Å².